The standard InChI is InChI=1S/C16H21NO2/c1-12-2-4-13(5-3-12)16(18)17(14-6-7-14)15-8-10-19-11-9-15/h2-5,14-15H,6-11H2,1H3. The van der Waals surface area contributed by atoms with Gasteiger partial charge in [-0.15, -0.1) is 0 Å². The van der Waals surface area contributed by atoms with E-state index >= 15 is 0 Å². The molecule has 0 aromatic heterocycles. The number of carbonyl (C=O) groups is 1. The lowest BCUT2D eigenvalue weighted by Crippen LogP contribution is -2.44. The number of rotatable bonds is 3. The fourth-order valence-electron chi connectivity index (χ4n) is 2.79. The molecular formula is C16H21NO2. The maximum atomic E-state index is 12.7. The molecule has 1 saturated carbocycles. The molecule has 0 unspecified atom stereocenters. The molecule has 1 aromatic rings. The van der Waals surface area contributed by atoms with Gasteiger partial charge in [-0.25, -0.2) is 0 Å². The average molecular weight is 259 g/mol. The summed E-state index contributed by atoms with van der Waals surface area (Å²) in [5.74, 6) is 0.203. The Kier molecular flexibility index (Phi) is 3.56. The van der Waals surface area contributed by atoms with Gasteiger partial charge in [0.15, 0.2) is 0 Å². The van der Waals surface area contributed by atoms with Gasteiger partial charge >= 0.3 is 0 Å². The van der Waals surface area contributed by atoms with E-state index in [2.05, 4.69) is 4.90 Å². The van der Waals surface area contributed by atoms with Crippen LogP contribution in [0.3, 0.4) is 0 Å². The molecule has 1 aliphatic carbocycles. The molecular weight excluding hydrogens is 238 g/mol. The molecule has 3 heteroatoms. The molecule has 3 nitrogen and oxygen atoms in total. The Bertz CT molecular complexity index is 444. The van der Waals surface area contributed by atoms with Crippen LogP contribution in [-0.2, 0) is 4.74 Å². The lowest BCUT2D eigenvalue weighted by Gasteiger charge is -2.34. The van der Waals surface area contributed by atoms with Crippen LogP contribution >= 0.6 is 0 Å². The van der Waals surface area contributed by atoms with Crippen molar-refractivity contribution in [1.82, 2.24) is 4.90 Å². The molecule has 1 amide bonds. The summed E-state index contributed by atoms with van der Waals surface area (Å²) in [6.45, 7) is 3.62. The number of hydrogen-bond donors (Lipinski definition) is 0. The first-order valence-electron chi connectivity index (χ1n) is 7.23. The van der Waals surface area contributed by atoms with Crippen LogP contribution in [-0.4, -0.2) is 36.1 Å². The van der Waals surface area contributed by atoms with Crippen molar-refractivity contribution in [2.75, 3.05) is 13.2 Å². The molecule has 1 aromatic carbocycles. The molecule has 2 aliphatic rings. The van der Waals surface area contributed by atoms with Crippen LogP contribution < -0.4 is 0 Å². The van der Waals surface area contributed by atoms with Crippen molar-refractivity contribution in [2.45, 2.75) is 44.7 Å². The van der Waals surface area contributed by atoms with E-state index < -0.39 is 0 Å². The fraction of sp³-hybridized carbons (Fsp3) is 0.562. The predicted octanol–water partition coefficient (Wildman–Crippen LogP) is 2.78. The second kappa shape index (κ2) is 5.33. The fourth-order valence-corrected chi connectivity index (χ4v) is 2.79. The van der Waals surface area contributed by atoms with Crippen LogP contribution in [0.2, 0.25) is 0 Å². The van der Waals surface area contributed by atoms with Crippen molar-refractivity contribution in [3.63, 3.8) is 0 Å². The van der Waals surface area contributed by atoms with Crippen LogP contribution in [0.25, 0.3) is 0 Å². The van der Waals surface area contributed by atoms with Crippen LogP contribution in [0.5, 0.6) is 0 Å². The second-order valence-corrected chi connectivity index (χ2v) is 5.65. The number of carbonyl (C=O) groups excluding carboxylic acids is 1. The molecule has 2 fully saturated rings. The number of benzene rings is 1. The smallest absolute Gasteiger partial charge is 0.254 e. The van der Waals surface area contributed by atoms with Crippen LogP contribution in [0, 0.1) is 6.92 Å². The summed E-state index contributed by atoms with van der Waals surface area (Å²) >= 11 is 0. The molecule has 1 aliphatic heterocycles. The van der Waals surface area contributed by atoms with E-state index in [9.17, 15) is 4.79 Å². The molecule has 0 bridgehead atoms. The topological polar surface area (TPSA) is 29.5 Å². The van der Waals surface area contributed by atoms with Crippen molar-refractivity contribution in [3.05, 3.63) is 35.4 Å². The number of amides is 1. The van der Waals surface area contributed by atoms with Gasteiger partial charge in [0, 0.05) is 30.9 Å². The zero-order chi connectivity index (χ0) is 13.2. The third-order valence-electron chi connectivity index (χ3n) is 4.06. The Morgan fingerprint density at radius 2 is 1.63 bits per heavy atom. The Morgan fingerprint density at radius 3 is 2.21 bits per heavy atom. The van der Waals surface area contributed by atoms with Gasteiger partial charge in [0.1, 0.15) is 0 Å². The summed E-state index contributed by atoms with van der Waals surface area (Å²) in [6.07, 6.45) is 4.28. The molecule has 19 heavy (non-hydrogen) atoms. The minimum atomic E-state index is 0.203. The highest BCUT2D eigenvalue weighted by molar-refractivity contribution is 5.94. The van der Waals surface area contributed by atoms with E-state index in [1.165, 1.54) is 5.56 Å². The van der Waals surface area contributed by atoms with Crippen LogP contribution in [0.15, 0.2) is 24.3 Å². The Balaban J connectivity index is 1.79. The summed E-state index contributed by atoms with van der Waals surface area (Å²) in [5.41, 5.74) is 2.02. The average Bonchev–Trinajstić information content (AvgIpc) is 3.25. The molecule has 0 atom stereocenters. The van der Waals surface area contributed by atoms with Gasteiger partial charge in [-0.2, -0.15) is 0 Å². The van der Waals surface area contributed by atoms with E-state index in [0.717, 1.165) is 44.5 Å². The van der Waals surface area contributed by atoms with E-state index in [-0.39, 0.29) is 5.91 Å². The lowest BCUT2D eigenvalue weighted by molar-refractivity contribution is 0.0267. The Labute approximate surface area is 114 Å². The zero-order valence-corrected chi connectivity index (χ0v) is 11.5. The SMILES string of the molecule is Cc1ccc(C(=O)N(C2CCOCC2)C2CC2)cc1. The van der Waals surface area contributed by atoms with E-state index in [1.54, 1.807) is 0 Å². The third-order valence-corrected chi connectivity index (χ3v) is 4.06. The first-order chi connectivity index (χ1) is 9.25. The quantitative estimate of drug-likeness (QED) is 0.835. The Morgan fingerprint density at radius 1 is 1.05 bits per heavy atom. The third kappa shape index (κ3) is 2.81. The van der Waals surface area contributed by atoms with Crippen LogP contribution in [0.1, 0.15) is 41.6 Å². The summed E-state index contributed by atoms with van der Waals surface area (Å²) < 4.78 is 5.41. The van der Waals surface area contributed by atoms with Gasteiger partial charge in [0.25, 0.3) is 5.91 Å². The van der Waals surface area contributed by atoms with E-state index in [1.807, 2.05) is 31.2 Å². The maximum Gasteiger partial charge on any atom is 0.254 e. The summed E-state index contributed by atoms with van der Waals surface area (Å²) in [4.78, 5) is 14.9. The molecule has 0 radical (unpaired) electrons. The van der Waals surface area contributed by atoms with Gasteiger partial charge in [-0.1, -0.05) is 17.7 Å². The van der Waals surface area contributed by atoms with Crippen LogP contribution in [0.4, 0.5) is 0 Å². The van der Waals surface area contributed by atoms with Gasteiger partial charge in [-0.3, -0.25) is 4.79 Å². The number of ether oxygens (including phenoxy) is 1. The van der Waals surface area contributed by atoms with Gasteiger partial charge in [0.05, 0.1) is 0 Å². The maximum absolute atomic E-state index is 12.7. The number of hydrogen-bond acceptors (Lipinski definition) is 2. The van der Waals surface area contributed by atoms with Crippen molar-refractivity contribution in [2.24, 2.45) is 0 Å². The molecule has 3 rings (SSSR count). The number of nitrogens with zero attached hydrogens (tertiary/aromatic N) is 1. The molecule has 102 valence electrons. The minimum absolute atomic E-state index is 0.203. The van der Waals surface area contributed by atoms with E-state index in [4.69, 9.17) is 4.74 Å². The van der Waals surface area contributed by atoms with Gasteiger partial charge in [-0.05, 0) is 44.7 Å². The summed E-state index contributed by atoms with van der Waals surface area (Å²) in [5, 5.41) is 0. The first-order valence-corrected chi connectivity index (χ1v) is 7.23. The lowest BCUT2D eigenvalue weighted by atomic mass is 10.0. The monoisotopic (exact) mass is 259 g/mol. The minimum Gasteiger partial charge on any atom is -0.381 e. The molecule has 0 N–H and O–H groups in total. The normalized spacial score (nSPS) is 20.3. The highest BCUT2D eigenvalue weighted by atomic mass is 16.5. The summed E-state index contributed by atoms with van der Waals surface area (Å²) in [7, 11) is 0. The predicted molar refractivity (Wildman–Crippen MR) is 74.2 cm³/mol. The van der Waals surface area contributed by atoms with Crippen molar-refractivity contribution in [3.8, 4) is 0 Å². The molecule has 1 heterocycles. The van der Waals surface area contributed by atoms with Crippen molar-refractivity contribution >= 4 is 5.91 Å². The van der Waals surface area contributed by atoms with Crippen molar-refractivity contribution in [1.29, 1.82) is 0 Å². The second-order valence-electron chi connectivity index (χ2n) is 5.65. The zero-order valence-electron chi connectivity index (χ0n) is 11.5. The van der Waals surface area contributed by atoms with Gasteiger partial charge in [0.2, 0.25) is 0 Å². The van der Waals surface area contributed by atoms with E-state index in [0.29, 0.717) is 12.1 Å². The van der Waals surface area contributed by atoms with Gasteiger partial charge < -0.3 is 9.64 Å². The highest BCUT2D eigenvalue weighted by Crippen LogP contribution is 2.32. The first kappa shape index (κ1) is 12.7. The molecule has 1 saturated heterocycles. The Hall–Kier alpha value is -1.35. The molecule has 0 spiro atoms. The highest BCUT2D eigenvalue weighted by Gasteiger charge is 2.38. The van der Waals surface area contributed by atoms with Crippen molar-refractivity contribution < 1.29 is 9.53 Å². The largest absolute Gasteiger partial charge is 0.381 e. The number of aryl methyl sites for hydroxylation is 1. The summed E-state index contributed by atoms with van der Waals surface area (Å²) in [6, 6.07) is 8.77.